The molecule has 0 saturated carbocycles. The molecule has 0 aliphatic carbocycles. The maximum absolute atomic E-state index is 12.0. The van der Waals surface area contributed by atoms with Crippen LogP contribution in [-0.2, 0) is 0 Å². The lowest BCUT2D eigenvalue weighted by molar-refractivity contribution is 0.243. The lowest BCUT2D eigenvalue weighted by Crippen LogP contribution is -2.43. The standard InChI is InChI=1S/C15H24N4O2/c1-6-16-13(20)18-12-10(2)8-7-9-11(12)17-14(21)19-15(3,4)5/h7-9H,6H2,1-5H3,(H2,16,18,20)(H2,17,19,21). The van der Waals surface area contributed by atoms with E-state index in [1.807, 2.05) is 46.8 Å². The molecule has 1 aromatic carbocycles. The molecule has 6 nitrogen and oxygen atoms in total. The second-order valence-electron chi connectivity index (χ2n) is 5.81. The second-order valence-corrected chi connectivity index (χ2v) is 5.81. The minimum Gasteiger partial charge on any atom is -0.338 e. The van der Waals surface area contributed by atoms with Gasteiger partial charge in [-0.2, -0.15) is 0 Å². The number of carbonyl (C=O) groups is 2. The molecule has 0 saturated heterocycles. The van der Waals surface area contributed by atoms with Crippen LogP contribution in [0.25, 0.3) is 0 Å². The summed E-state index contributed by atoms with van der Waals surface area (Å²) in [6.07, 6.45) is 0. The van der Waals surface area contributed by atoms with E-state index >= 15 is 0 Å². The maximum atomic E-state index is 12.0. The molecular formula is C15H24N4O2. The first-order valence-electron chi connectivity index (χ1n) is 6.96. The van der Waals surface area contributed by atoms with E-state index in [2.05, 4.69) is 21.3 Å². The number of carbonyl (C=O) groups excluding carboxylic acids is 2. The van der Waals surface area contributed by atoms with Gasteiger partial charge in [0.05, 0.1) is 11.4 Å². The van der Waals surface area contributed by atoms with Gasteiger partial charge in [-0.15, -0.1) is 0 Å². The van der Waals surface area contributed by atoms with E-state index in [-0.39, 0.29) is 17.6 Å². The molecule has 116 valence electrons. The Balaban J connectivity index is 2.89. The summed E-state index contributed by atoms with van der Waals surface area (Å²) in [6, 6.07) is 4.83. The third kappa shape index (κ3) is 5.72. The normalized spacial score (nSPS) is 10.7. The molecule has 4 N–H and O–H groups in total. The molecule has 0 aromatic heterocycles. The van der Waals surface area contributed by atoms with Crippen LogP contribution in [0.5, 0.6) is 0 Å². The molecule has 0 bridgehead atoms. The largest absolute Gasteiger partial charge is 0.338 e. The monoisotopic (exact) mass is 292 g/mol. The summed E-state index contributed by atoms with van der Waals surface area (Å²) in [5.41, 5.74) is 1.69. The fraction of sp³-hybridized carbons (Fsp3) is 0.467. The highest BCUT2D eigenvalue weighted by Crippen LogP contribution is 2.25. The highest BCUT2D eigenvalue weighted by Gasteiger charge is 2.16. The Labute approximate surface area is 125 Å². The van der Waals surface area contributed by atoms with Crippen LogP contribution in [0.15, 0.2) is 18.2 Å². The SMILES string of the molecule is CCNC(=O)Nc1c(C)cccc1NC(=O)NC(C)(C)C. The van der Waals surface area contributed by atoms with Gasteiger partial charge in [0.2, 0.25) is 0 Å². The number of amides is 4. The van der Waals surface area contributed by atoms with Crippen molar-refractivity contribution in [3.8, 4) is 0 Å². The van der Waals surface area contributed by atoms with Crippen molar-refractivity contribution in [2.24, 2.45) is 0 Å². The highest BCUT2D eigenvalue weighted by molar-refractivity contribution is 5.99. The predicted octanol–water partition coefficient (Wildman–Crippen LogP) is 3.06. The molecule has 0 atom stereocenters. The maximum Gasteiger partial charge on any atom is 0.319 e. The van der Waals surface area contributed by atoms with Crippen LogP contribution in [0, 0.1) is 6.92 Å². The molecule has 0 unspecified atom stereocenters. The molecule has 0 heterocycles. The van der Waals surface area contributed by atoms with E-state index < -0.39 is 0 Å². The molecule has 0 radical (unpaired) electrons. The average Bonchev–Trinajstić information content (AvgIpc) is 2.31. The van der Waals surface area contributed by atoms with E-state index in [4.69, 9.17) is 0 Å². The molecule has 6 heteroatoms. The summed E-state index contributed by atoms with van der Waals surface area (Å²) in [5, 5.41) is 11.0. The van der Waals surface area contributed by atoms with E-state index in [0.29, 0.717) is 17.9 Å². The van der Waals surface area contributed by atoms with Crippen molar-refractivity contribution < 1.29 is 9.59 Å². The lowest BCUT2D eigenvalue weighted by atomic mass is 10.1. The topological polar surface area (TPSA) is 82.3 Å². The van der Waals surface area contributed by atoms with Gasteiger partial charge in [0.25, 0.3) is 0 Å². The predicted molar refractivity (Wildman–Crippen MR) is 85.8 cm³/mol. The quantitative estimate of drug-likeness (QED) is 0.690. The second kappa shape index (κ2) is 6.97. The summed E-state index contributed by atoms with van der Waals surface area (Å²) in [6.45, 7) is 9.94. The van der Waals surface area contributed by atoms with Gasteiger partial charge in [0.1, 0.15) is 0 Å². The van der Waals surface area contributed by atoms with Crippen molar-refractivity contribution in [1.29, 1.82) is 0 Å². The summed E-state index contributed by atoms with van der Waals surface area (Å²) in [4.78, 5) is 23.6. The van der Waals surface area contributed by atoms with E-state index in [0.717, 1.165) is 5.56 Å². The van der Waals surface area contributed by atoms with Crippen LogP contribution in [-0.4, -0.2) is 24.1 Å². The lowest BCUT2D eigenvalue weighted by Gasteiger charge is -2.22. The Morgan fingerprint density at radius 2 is 1.76 bits per heavy atom. The molecule has 21 heavy (non-hydrogen) atoms. The molecular weight excluding hydrogens is 268 g/mol. The fourth-order valence-electron chi connectivity index (χ4n) is 1.75. The van der Waals surface area contributed by atoms with Crippen LogP contribution in [0.2, 0.25) is 0 Å². The number of urea groups is 2. The number of rotatable bonds is 3. The summed E-state index contributed by atoms with van der Waals surface area (Å²) in [5.74, 6) is 0. The number of nitrogens with one attached hydrogen (secondary N) is 4. The smallest absolute Gasteiger partial charge is 0.319 e. The third-order valence-corrected chi connectivity index (χ3v) is 2.59. The zero-order chi connectivity index (χ0) is 16.0. The van der Waals surface area contributed by atoms with Gasteiger partial charge in [-0.05, 0) is 46.2 Å². The minimum atomic E-state index is -0.332. The molecule has 0 aliphatic heterocycles. The van der Waals surface area contributed by atoms with Gasteiger partial charge in [-0.3, -0.25) is 0 Å². The van der Waals surface area contributed by atoms with Crippen LogP contribution in [0.3, 0.4) is 0 Å². The number of aryl methyl sites for hydroxylation is 1. The van der Waals surface area contributed by atoms with Crippen molar-refractivity contribution in [2.45, 2.75) is 40.2 Å². The summed E-state index contributed by atoms with van der Waals surface area (Å²) >= 11 is 0. The molecule has 0 fully saturated rings. The number of anilines is 2. The first-order valence-corrected chi connectivity index (χ1v) is 6.96. The van der Waals surface area contributed by atoms with E-state index in [1.165, 1.54) is 0 Å². The Kier molecular flexibility index (Phi) is 5.58. The van der Waals surface area contributed by atoms with E-state index in [9.17, 15) is 9.59 Å². The third-order valence-electron chi connectivity index (χ3n) is 2.59. The zero-order valence-electron chi connectivity index (χ0n) is 13.3. The Hall–Kier alpha value is -2.24. The van der Waals surface area contributed by atoms with Gasteiger partial charge in [-0.25, -0.2) is 9.59 Å². The number of benzene rings is 1. The van der Waals surface area contributed by atoms with Gasteiger partial charge < -0.3 is 21.3 Å². The van der Waals surface area contributed by atoms with E-state index in [1.54, 1.807) is 6.07 Å². The van der Waals surface area contributed by atoms with Gasteiger partial charge >= 0.3 is 12.1 Å². The van der Waals surface area contributed by atoms with Crippen molar-refractivity contribution in [2.75, 3.05) is 17.2 Å². The van der Waals surface area contributed by atoms with Crippen LogP contribution in [0.4, 0.5) is 21.0 Å². The van der Waals surface area contributed by atoms with Crippen molar-refractivity contribution in [3.05, 3.63) is 23.8 Å². The summed E-state index contributed by atoms with van der Waals surface area (Å²) in [7, 11) is 0. The molecule has 0 aliphatic rings. The van der Waals surface area contributed by atoms with Crippen molar-refractivity contribution in [1.82, 2.24) is 10.6 Å². The summed E-state index contributed by atoms with van der Waals surface area (Å²) < 4.78 is 0. The van der Waals surface area contributed by atoms with Crippen molar-refractivity contribution in [3.63, 3.8) is 0 Å². The Morgan fingerprint density at radius 1 is 1.10 bits per heavy atom. The molecule has 4 amide bonds. The Bertz CT molecular complexity index is 521. The van der Waals surface area contributed by atoms with Gasteiger partial charge in [-0.1, -0.05) is 12.1 Å². The van der Waals surface area contributed by atoms with Crippen molar-refractivity contribution >= 4 is 23.4 Å². The van der Waals surface area contributed by atoms with Crippen LogP contribution in [0.1, 0.15) is 33.3 Å². The molecule has 1 rings (SSSR count). The molecule has 1 aromatic rings. The van der Waals surface area contributed by atoms with Gasteiger partial charge in [0.15, 0.2) is 0 Å². The number of para-hydroxylation sites is 1. The minimum absolute atomic E-state index is 0.300. The first kappa shape index (κ1) is 16.8. The highest BCUT2D eigenvalue weighted by atomic mass is 16.2. The fourth-order valence-corrected chi connectivity index (χ4v) is 1.75. The van der Waals surface area contributed by atoms with Crippen LogP contribution >= 0.6 is 0 Å². The first-order chi connectivity index (χ1) is 9.73. The zero-order valence-corrected chi connectivity index (χ0v) is 13.3. The number of hydrogen-bond donors (Lipinski definition) is 4. The number of hydrogen-bond acceptors (Lipinski definition) is 2. The molecule has 0 spiro atoms. The Morgan fingerprint density at radius 3 is 2.33 bits per heavy atom. The van der Waals surface area contributed by atoms with Crippen LogP contribution < -0.4 is 21.3 Å². The van der Waals surface area contributed by atoms with Gasteiger partial charge in [0, 0.05) is 12.1 Å². The average molecular weight is 292 g/mol.